The summed E-state index contributed by atoms with van der Waals surface area (Å²) in [6.07, 6.45) is 0. The van der Waals surface area contributed by atoms with Gasteiger partial charge in [-0.05, 0) is 24.3 Å². The van der Waals surface area contributed by atoms with Crippen LogP contribution >= 0.6 is 0 Å². The molecule has 0 heterocycles. The summed E-state index contributed by atoms with van der Waals surface area (Å²) in [5.74, 6) is -0.165. The van der Waals surface area contributed by atoms with Crippen molar-refractivity contribution in [1.82, 2.24) is 4.90 Å². The Morgan fingerprint density at radius 2 is 2.05 bits per heavy atom. The summed E-state index contributed by atoms with van der Waals surface area (Å²) < 4.78 is 18.9. The molecule has 2 aromatic carbocycles. The minimum absolute atomic E-state index is 0.167. The molecule has 1 amide bonds. The Labute approximate surface area is 128 Å². The summed E-state index contributed by atoms with van der Waals surface area (Å²) in [4.78, 5) is 13.4. The zero-order valence-electron chi connectivity index (χ0n) is 12.1. The first-order valence-electron chi connectivity index (χ1n) is 6.70. The van der Waals surface area contributed by atoms with Crippen molar-refractivity contribution in [3.63, 3.8) is 0 Å². The van der Waals surface area contributed by atoms with E-state index in [1.54, 1.807) is 49.5 Å². The van der Waals surface area contributed by atoms with Crippen molar-refractivity contribution in [3.8, 4) is 11.8 Å². The highest BCUT2D eigenvalue weighted by Gasteiger charge is 2.12. The quantitative estimate of drug-likeness (QED) is 0.853. The van der Waals surface area contributed by atoms with E-state index in [1.165, 1.54) is 11.0 Å². The third-order valence-electron chi connectivity index (χ3n) is 3.12. The largest absolute Gasteiger partial charge is 0.484 e. The van der Waals surface area contributed by atoms with Gasteiger partial charge in [-0.15, -0.1) is 0 Å². The number of ether oxygens (including phenoxy) is 1. The SMILES string of the molecule is CN(Cc1ccccc1F)C(=O)COc1cccc(C#N)c1. The van der Waals surface area contributed by atoms with Crippen LogP contribution in [-0.4, -0.2) is 24.5 Å². The number of hydrogen-bond donors (Lipinski definition) is 0. The average molecular weight is 298 g/mol. The van der Waals surface area contributed by atoms with Crippen molar-refractivity contribution in [1.29, 1.82) is 5.26 Å². The summed E-state index contributed by atoms with van der Waals surface area (Å²) in [5, 5.41) is 8.80. The van der Waals surface area contributed by atoms with Gasteiger partial charge in [-0.25, -0.2) is 4.39 Å². The zero-order valence-corrected chi connectivity index (χ0v) is 12.1. The van der Waals surface area contributed by atoms with Crippen molar-refractivity contribution in [2.24, 2.45) is 0 Å². The standard InChI is InChI=1S/C17H15FN2O2/c1-20(11-14-6-2-3-8-16(14)18)17(21)12-22-15-7-4-5-13(9-15)10-19/h2-9H,11-12H2,1H3. The van der Waals surface area contributed by atoms with Crippen LogP contribution in [-0.2, 0) is 11.3 Å². The lowest BCUT2D eigenvalue weighted by molar-refractivity contribution is -0.132. The highest BCUT2D eigenvalue weighted by molar-refractivity contribution is 5.77. The van der Waals surface area contributed by atoms with E-state index in [9.17, 15) is 9.18 Å². The van der Waals surface area contributed by atoms with Gasteiger partial charge >= 0.3 is 0 Å². The summed E-state index contributed by atoms with van der Waals surface area (Å²) in [6, 6.07) is 14.9. The maximum atomic E-state index is 13.5. The number of nitriles is 1. The highest BCUT2D eigenvalue weighted by Crippen LogP contribution is 2.13. The van der Waals surface area contributed by atoms with E-state index in [2.05, 4.69) is 0 Å². The molecule has 0 spiro atoms. The second kappa shape index (κ2) is 7.23. The molecule has 0 aromatic heterocycles. The lowest BCUT2D eigenvalue weighted by atomic mass is 10.2. The predicted octanol–water partition coefficient (Wildman–Crippen LogP) is 2.73. The predicted molar refractivity (Wildman–Crippen MR) is 79.5 cm³/mol. The summed E-state index contributed by atoms with van der Waals surface area (Å²) in [7, 11) is 1.59. The average Bonchev–Trinajstić information content (AvgIpc) is 2.54. The molecule has 4 nitrogen and oxygen atoms in total. The fraction of sp³-hybridized carbons (Fsp3) is 0.176. The Morgan fingerprint density at radius 3 is 2.77 bits per heavy atom. The van der Waals surface area contributed by atoms with E-state index in [1.807, 2.05) is 6.07 Å². The molecule has 0 aliphatic carbocycles. The summed E-state index contributed by atoms with van der Waals surface area (Å²) in [6.45, 7) is 0.00688. The fourth-order valence-electron chi connectivity index (χ4n) is 1.88. The molecule has 2 rings (SSSR count). The molecular weight excluding hydrogens is 283 g/mol. The maximum Gasteiger partial charge on any atom is 0.260 e. The van der Waals surface area contributed by atoms with E-state index >= 15 is 0 Å². The van der Waals surface area contributed by atoms with Gasteiger partial charge in [0.2, 0.25) is 0 Å². The Bertz CT molecular complexity index is 710. The summed E-state index contributed by atoms with van der Waals surface area (Å²) >= 11 is 0. The van der Waals surface area contributed by atoms with Crippen LogP contribution in [0.1, 0.15) is 11.1 Å². The molecule has 0 unspecified atom stereocenters. The number of likely N-dealkylation sites (N-methyl/N-ethyl adjacent to an activating group) is 1. The van der Waals surface area contributed by atoms with Crippen LogP contribution in [0.25, 0.3) is 0 Å². The molecular formula is C17H15FN2O2. The first kappa shape index (κ1) is 15.5. The van der Waals surface area contributed by atoms with Crippen LogP contribution < -0.4 is 4.74 Å². The second-order valence-electron chi connectivity index (χ2n) is 4.77. The van der Waals surface area contributed by atoms with E-state index in [-0.39, 0.29) is 24.9 Å². The molecule has 0 atom stereocenters. The molecule has 0 bridgehead atoms. The number of halogens is 1. The number of amides is 1. The van der Waals surface area contributed by atoms with Gasteiger partial charge in [0.15, 0.2) is 6.61 Å². The normalized spacial score (nSPS) is 9.86. The van der Waals surface area contributed by atoms with Crippen molar-refractivity contribution in [3.05, 3.63) is 65.5 Å². The first-order valence-corrected chi connectivity index (χ1v) is 6.70. The molecule has 22 heavy (non-hydrogen) atoms. The van der Waals surface area contributed by atoms with Gasteiger partial charge < -0.3 is 9.64 Å². The third kappa shape index (κ3) is 4.06. The number of carbonyl (C=O) groups is 1. The molecule has 112 valence electrons. The monoisotopic (exact) mass is 298 g/mol. The number of hydrogen-bond acceptors (Lipinski definition) is 3. The van der Waals surface area contributed by atoms with E-state index in [0.29, 0.717) is 16.9 Å². The van der Waals surface area contributed by atoms with E-state index in [0.717, 1.165) is 0 Å². The minimum Gasteiger partial charge on any atom is -0.484 e. The van der Waals surface area contributed by atoms with Gasteiger partial charge in [-0.1, -0.05) is 24.3 Å². The Kier molecular flexibility index (Phi) is 5.10. The molecule has 0 N–H and O–H groups in total. The van der Waals surface area contributed by atoms with Crippen LogP contribution in [0.15, 0.2) is 48.5 Å². The molecule has 0 saturated heterocycles. The lowest BCUT2D eigenvalue weighted by Crippen LogP contribution is -2.31. The molecule has 0 radical (unpaired) electrons. The third-order valence-corrected chi connectivity index (χ3v) is 3.12. The molecule has 0 aliphatic rings. The lowest BCUT2D eigenvalue weighted by Gasteiger charge is -2.18. The number of nitrogens with zero attached hydrogens (tertiary/aromatic N) is 2. The van der Waals surface area contributed by atoms with Gasteiger partial charge in [-0.2, -0.15) is 5.26 Å². The van der Waals surface area contributed by atoms with Gasteiger partial charge in [0.1, 0.15) is 11.6 Å². The van der Waals surface area contributed by atoms with Crippen LogP contribution in [0.3, 0.4) is 0 Å². The Morgan fingerprint density at radius 1 is 1.27 bits per heavy atom. The van der Waals surface area contributed by atoms with Crippen LogP contribution in [0.5, 0.6) is 5.75 Å². The Hall–Kier alpha value is -2.87. The number of benzene rings is 2. The second-order valence-corrected chi connectivity index (χ2v) is 4.77. The van der Waals surface area contributed by atoms with Gasteiger partial charge in [0, 0.05) is 19.2 Å². The molecule has 0 aliphatic heterocycles. The highest BCUT2D eigenvalue weighted by atomic mass is 19.1. The zero-order chi connectivity index (χ0) is 15.9. The van der Waals surface area contributed by atoms with Crippen molar-refractivity contribution < 1.29 is 13.9 Å². The minimum atomic E-state index is -0.343. The van der Waals surface area contributed by atoms with Crippen LogP contribution in [0, 0.1) is 17.1 Å². The van der Waals surface area contributed by atoms with Crippen molar-refractivity contribution >= 4 is 5.91 Å². The van der Waals surface area contributed by atoms with Gasteiger partial charge in [0.05, 0.1) is 11.6 Å². The van der Waals surface area contributed by atoms with E-state index < -0.39 is 0 Å². The molecule has 2 aromatic rings. The van der Waals surface area contributed by atoms with Crippen LogP contribution in [0.2, 0.25) is 0 Å². The molecule has 0 saturated carbocycles. The van der Waals surface area contributed by atoms with Gasteiger partial charge in [-0.3, -0.25) is 4.79 Å². The van der Waals surface area contributed by atoms with Crippen molar-refractivity contribution in [2.45, 2.75) is 6.54 Å². The number of rotatable bonds is 5. The summed E-state index contributed by atoms with van der Waals surface area (Å²) in [5.41, 5.74) is 0.912. The topological polar surface area (TPSA) is 53.3 Å². The maximum absolute atomic E-state index is 13.5. The van der Waals surface area contributed by atoms with Gasteiger partial charge in [0.25, 0.3) is 5.91 Å². The van der Waals surface area contributed by atoms with Crippen LogP contribution in [0.4, 0.5) is 4.39 Å². The molecule has 0 fully saturated rings. The van der Waals surface area contributed by atoms with Crippen molar-refractivity contribution in [2.75, 3.05) is 13.7 Å². The molecule has 5 heteroatoms. The van der Waals surface area contributed by atoms with E-state index in [4.69, 9.17) is 10.00 Å². The smallest absolute Gasteiger partial charge is 0.260 e. The fourth-order valence-corrected chi connectivity index (χ4v) is 1.88. The first-order chi connectivity index (χ1) is 10.6. The Balaban J connectivity index is 1.91. The number of carbonyl (C=O) groups excluding carboxylic acids is 1.